The van der Waals surface area contributed by atoms with Gasteiger partial charge in [-0.1, -0.05) is 48.6 Å². The summed E-state index contributed by atoms with van der Waals surface area (Å²) in [4.78, 5) is 38.4. The van der Waals surface area contributed by atoms with Gasteiger partial charge >= 0.3 is 0 Å². The Kier molecular flexibility index (Phi) is 3.84. The van der Waals surface area contributed by atoms with E-state index in [-0.39, 0.29) is 36.1 Å². The molecule has 1 saturated heterocycles. The SMILES string of the molecule is O=C(CN1C(=O)[C@H]2CC=CC[C@@H]2C1=O)Nc1cccc2ccccc12. The van der Waals surface area contributed by atoms with Crippen molar-refractivity contribution in [3.8, 4) is 0 Å². The van der Waals surface area contributed by atoms with Gasteiger partial charge in [-0.05, 0) is 24.3 Å². The van der Waals surface area contributed by atoms with Gasteiger partial charge in [0.2, 0.25) is 17.7 Å². The first kappa shape index (κ1) is 15.6. The van der Waals surface area contributed by atoms with Crippen molar-refractivity contribution in [3.63, 3.8) is 0 Å². The van der Waals surface area contributed by atoms with Gasteiger partial charge in [-0.25, -0.2) is 0 Å². The molecule has 2 aromatic carbocycles. The third-order valence-corrected chi connectivity index (χ3v) is 4.96. The number of carbonyl (C=O) groups is 3. The van der Waals surface area contributed by atoms with E-state index in [1.165, 1.54) is 0 Å². The molecule has 1 heterocycles. The first-order valence-corrected chi connectivity index (χ1v) is 8.43. The van der Waals surface area contributed by atoms with Crippen molar-refractivity contribution < 1.29 is 14.4 Å². The third-order valence-electron chi connectivity index (χ3n) is 4.96. The van der Waals surface area contributed by atoms with Gasteiger partial charge in [0.05, 0.1) is 11.8 Å². The minimum atomic E-state index is -0.357. The summed E-state index contributed by atoms with van der Waals surface area (Å²) in [5, 5.41) is 4.78. The molecule has 2 atom stereocenters. The van der Waals surface area contributed by atoms with Gasteiger partial charge in [0.25, 0.3) is 0 Å². The maximum absolute atomic E-state index is 12.4. The van der Waals surface area contributed by atoms with E-state index < -0.39 is 0 Å². The van der Waals surface area contributed by atoms with Crippen molar-refractivity contribution in [2.45, 2.75) is 12.8 Å². The fourth-order valence-electron chi connectivity index (χ4n) is 3.69. The quantitative estimate of drug-likeness (QED) is 0.693. The highest BCUT2D eigenvalue weighted by Crippen LogP contribution is 2.35. The topological polar surface area (TPSA) is 66.5 Å². The zero-order valence-corrected chi connectivity index (χ0v) is 13.6. The van der Waals surface area contributed by atoms with Gasteiger partial charge in [-0.15, -0.1) is 0 Å². The molecule has 1 aliphatic heterocycles. The summed E-state index contributed by atoms with van der Waals surface area (Å²) in [6.45, 7) is -0.228. The summed E-state index contributed by atoms with van der Waals surface area (Å²) in [7, 11) is 0. The molecule has 0 bridgehead atoms. The van der Waals surface area contributed by atoms with Crippen molar-refractivity contribution in [2.75, 3.05) is 11.9 Å². The molecule has 1 N–H and O–H groups in total. The summed E-state index contributed by atoms with van der Waals surface area (Å²) in [6.07, 6.45) is 5.03. The smallest absolute Gasteiger partial charge is 0.244 e. The second-order valence-electron chi connectivity index (χ2n) is 6.49. The lowest BCUT2D eigenvalue weighted by Crippen LogP contribution is -2.38. The van der Waals surface area contributed by atoms with Crippen molar-refractivity contribution in [1.29, 1.82) is 0 Å². The zero-order chi connectivity index (χ0) is 17.4. The highest BCUT2D eigenvalue weighted by Gasteiger charge is 2.47. The molecule has 0 saturated carbocycles. The van der Waals surface area contributed by atoms with Gasteiger partial charge < -0.3 is 5.32 Å². The lowest BCUT2D eigenvalue weighted by Gasteiger charge is -2.15. The normalized spacial score (nSPS) is 22.3. The summed E-state index contributed by atoms with van der Waals surface area (Å²) in [5.74, 6) is -1.42. The van der Waals surface area contributed by atoms with Crippen molar-refractivity contribution in [3.05, 3.63) is 54.6 Å². The fraction of sp³-hybridized carbons (Fsp3) is 0.250. The standard InChI is InChI=1S/C20H18N2O3/c23-18(21-17-11-5-7-13-6-1-2-8-14(13)17)12-22-19(24)15-9-3-4-10-16(15)20(22)25/h1-8,11,15-16H,9-10,12H2,(H,21,23)/t15-,16-/m0/s1. The molecule has 5 heteroatoms. The number of hydrogen-bond acceptors (Lipinski definition) is 3. The van der Waals surface area contributed by atoms with Crippen molar-refractivity contribution in [1.82, 2.24) is 4.90 Å². The minimum Gasteiger partial charge on any atom is -0.324 e. The molecule has 1 fully saturated rings. The van der Waals surface area contributed by atoms with Crippen LogP contribution >= 0.6 is 0 Å². The van der Waals surface area contributed by atoms with Crippen LogP contribution in [0.3, 0.4) is 0 Å². The monoisotopic (exact) mass is 334 g/mol. The van der Waals surface area contributed by atoms with Crippen LogP contribution in [0, 0.1) is 11.8 Å². The molecule has 0 spiro atoms. The van der Waals surface area contributed by atoms with E-state index in [0.717, 1.165) is 15.7 Å². The number of carbonyl (C=O) groups excluding carboxylic acids is 3. The van der Waals surface area contributed by atoms with E-state index in [9.17, 15) is 14.4 Å². The minimum absolute atomic E-state index is 0.228. The number of nitrogens with zero attached hydrogens (tertiary/aromatic N) is 1. The van der Waals surface area contributed by atoms with Crippen LogP contribution in [-0.2, 0) is 14.4 Å². The molecule has 25 heavy (non-hydrogen) atoms. The molecule has 1 aliphatic carbocycles. The maximum atomic E-state index is 12.4. The molecule has 5 nitrogen and oxygen atoms in total. The van der Waals surface area contributed by atoms with E-state index >= 15 is 0 Å². The average molecular weight is 334 g/mol. The van der Waals surface area contributed by atoms with E-state index in [1.807, 2.05) is 54.6 Å². The highest BCUT2D eigenvalue weighted by molar-refractivity contribution is 6.10. The first-order chi connectivity index (χ1) is 12.1. The number of imide groups is 1. The molecule has 4 rings (SSSR count). The van der Waals surface area contributed by atoms with Gasteiger partial charge in [-0.3, -0.25) is 19.3 Å². The Morgan fingerprint density at radius 3 is 2.32 bits per heavy atom. The Hall–Kier alpha value is -2.95. The molecule has 0 radical (unpaired) electrons. The molecule has 126 valence electrons. The highest BCUT2D eigenvalue weighted by atomic mass is 16.2. The van der Waals surface area contributed by atoms with Gasteiger partial charge in [-0.2, -0.15) is 0 Å². The lowest BCUT2D eigenvalue weighted by molar-refractivity contribution is -0.142. The molecular weight excluding hydrogens is 316 g/mol. The number of likely N-dealkylation sites (tertiary alicyclic amines) is 1. The maximum Gasteiger partial charge on any atom is 0.244 e. The molecule has 0 aromatic heterocycles. The number of nitrogens with one attached hydrogen (secondary N) is 1. The van der Waals surface area contributed by atoms with Crippen LogP contribution in [0.25, 0.3) is 10.8 Å². The number of allylic oxidation sites excluding steroid dienone is 2. The lowest BCUT2D eigenvalue weighted by atomic mass is 9.85. The summed E-state index contributed by atoms with van der Waals surface area (Å²) in [5.41, 5.74) is 0.682. The number of hydrogen-bond donors (Lipinski definition) is 1. The fourth-order valence-corrected chi connectivity index (χ4v) is 3.69. The van der Waals surface area contributed by atoms with Crippen molar-refractivity contribution >= 4 is 34.2 Å². The van der Waals surface area contributed by atoms with Crippen LogP contribution in [0.4, 0.5) is 5.69 Å². The largest absolute Gasteiger partial charge is 0.324 e. The van der Waals surface area contributed by atoms with Gasteiger partial charge in [0.1, 0.15) is 6.54 Å². The molecule has 2 aliphatic rings. The number of benzene rings is 2. The summed E-state index contributed by atoms with van der Waals surface area (Å²) >= 11 is 0. The average Bonchev–Trinajstić information content (AvgIpc) is 2.87. The predicted octanol–water partition coefficient (Wildman–Crippen LogP) is 2.73. The Morgan fingerprint density at radius 1 is 0.960 bits per heavy atom. The van der Waals surface area contributed by atoms with Crippen molar-refractivity contribution in [2.24, 2.45) is 11.8 Å². The van der Waals surface area contributed by atoms with Crippen LogP contribution < -0.4 is 5.32 Å². The van der Waals surface area contributed by atoms with E-state index in [1.54, 1.807) is 0 Å². The van der Waals surface area contributed by atoms with Crippen LogP contribution in [0.5, 0.6) is 0 Å². The second kappa shape index (κ2) is 6.16. The molecule has 0 unspecified atom stereocenters. The second-order valence-corrected chi connectivity index (χ2v) is 6.49. The number of anilines is 1. The number of rotatable bonds is 3. The summed E-state index contributed by atoms with van der Waals surface area (Å²) < 4.78 is 0. The predicted molar refractivity (Wildman–Crippen MR) is 94.7 cm³/mol. The molecule has 3 amide bonds. The third kappa shape index (κ3) is 2.71. The first-order valence-electron chi connectivity index (χ1n) is 8.43. The van der Waals surface area contributed by atoms with E-state index in [4.69, 9.17) is 0 Å². The van der Waals surface area contributed by atoms with Crippen LogP contribution in [0.15, 0.2) is 54.6 Å². The Balaban J connectivity index is 1.51. The Bertz CT molecular complexity index is 871. The molecular formula is C20H18N2O3. The van der Waals surface area contributed by atoms with Crippen LogP contribution in [0.1, 0.15) is 12.8 Å². The zero-order valence-electron chi connectivity index (χ0n) is 13.6. The summed E-state index contributed by atoms with van der Waals surface area (Å²) in [6, 6.07) is 13.4. The van der Waals surface area contributed by atoms with E-state index in [2.05, 4.69) is 5.32 Å². The van der Waals surface area contributed by atoms with Crippen LogP contribution in [-0.4, -0.2) is 29.2 Å². The Morgan fingerprint density at radius 2 is 1.60 bits per heavy atom. The molecule has 2 aromatic rings. The van der Waals surface area contributed by atoms with E-state index in [0.29, 0.717) is 18.5 Å². The van der Waals surface area contributed by atoms with Gasteiger partial charge in [0.15, 0.2) is 0 Å². The van der Waals surface area contributed by atoms with Gasteiger partial charge in [0, 0.05) is 11.1 Å². The number of fused-ring (bicyclic) bond motifs is 2. The van der Waals surface area contributed by atoms with Crippen LogP contribution in [0.2, 0.25) is 0 Å². The Labute approximate surface area is 145 Å². The number of amides is 3.